The number of fused-ring (bicyclic) bond motifs is 1. The van der Waals surface area contributed by atoms with E-state index in [0.29, 0.717) is 5.56 Å². The van der Waals surface area contributed by atoms with Crippen LogP contribution in [0.5, 0.6) is 0 Å². The van der Waals surface area contributed by atoms with Gasteiger partial charge in [-0.1, -0.05) is 12.1 Å². The van der Waals surface area contributed by atoms with E-state index in [-0.39, 0.29) is 23.1 Å². The van der Waals surface area contributed by atoms with Gasteiger partial charge in [0.25, 0.3) is 10.0 Å². The van der Waals surface area contributed by atoms with Crippen LogP contribution >= 0.6 is 0 Å². The zero-order valence-electron chi connectivity index (χ0n) is 13.6. The lowest BCUT2D eigenvalue weighted by Crippen LogP contribution is -2.41. The Morgan fingerprint density at radius 3 is 2.54 bits per heavy atom. The highest BCUT2D eigenvalue weighted by Gasteiger charge is 2.31. The predicted octanol–water partition coefficient (Wildman–Crippen LogP) is 0.435. The van der Waals surface area contributed by atoms with Gasteiger partial charge in [0.1, 0.15) is 11.9 Å². The lowest BCUT2D eigenvalue weighted by Gasteiger charge is -2.22. The highest BCUT2D eigenvalue weighted by atomic mass is 32.2. The van der Waals surface area contributed by atoms with Crippen molar-refractivity contribution in [1.82, 2.24) is 9.62 Å². The first kappa shape index (κ1) is 17.9. The fraction of sp³-hybridized carbons (Fsp3) is 0.400. The molecule has 8 nitrogen and oxygen atoms in total. The summed E-state index contributed by atoms with van der Waals surface area (Å²) in [6, 6.07) is 5.00. The molecular formula is C15H19N3O5S. The van der Waals surface area contributed by atoms with Crippen molar-refractivity contribution in [2.24, 2.45) is 4.99 Å². The lowest BCUT2D eigenvalue weighted by atomic mass is 10.1. The van der Waals surface area contributed by atoms with Crippen molar-refractivity contribution >= 4 is 27.7 Å². The fourth-order valence-electron chi connectivity index (χ4n) is 2.27. The number of carboxylic acid groups (broad SMARTS) is 1. The van der Waals surface area contributed by atoms with Crippen molar-refractivity contribution in [2.45, 2.75) is 37.2 Å². The molecule has 2 atom stereocenters. The number of amides is 1. The van der Waals surface area contributed by atoms with Crippen LogP contribution in [-0.2, 0) is 19.6 Å². The molecule has 9 heteroatoms. The molecule has 0 saturated heterocycles. The molecule has 0 aliphatic carbocycles. The Morgan fingerprint density at radius 2 is 1.92 bits per heavy atom. The molecule has 0 fully saturated rings. The number of carbonyl (C=O) groups excluding carboxylic acids is 1. The summed E-state index contributed by atoms with van der Waals surface area (Å²) in [4.78, 5) is 28.6. The zero-order valence-corrected chi connectivity index (χ0v) is 14.4. The van der Waals surface area contributed by atoms with Crippen LogP contribution in [0.4, 0.5) is 0 Å². The van der Waals surface area contributed by atoms with Crippen LogP contribution in [0, 0.1) is 0 Å². The maximum Gasteiger partial charge on any atom is 0.326 e. The van der Waals surface area contributed by atoms with Gasteiger partial charge < -0.3 is 10.0 Å². The summed E-state index contributed by atoms with van der Waals surface area (Å²) in [6.07, 6.45) is -0.0263. The largest absolute Gasteiger partial charge is 0.480 e. The van der Waals surface area contributed by atoms with Gasteiger partial charge >= 0.3 is 5.97 Å². The van der Waals surface area contributed by atoms with Gasteiger partial charge in [0, 0.05) is 19.0 Å². The summed E-state index contributed by atoms with van der Waals surface area (Å²) < 4.78 is 26.4. The Hall–Kier alpha value is -2.42. The molecule has 130 valence electrons. The first-order valence-electron chi connectivity index (χ1n) is 7.32. The number of hydrogen-bond acceptors (Lipinski definition) is 5. The minimum atomic E-state index is -3.62. The second-order valence-corrected chi connectivity index (χ2v) is 7.30. The summed E-state index contributed by atoms with van der Waals surface area (Å²) in [5.41, 5.74) is 0.462. The number of sulfonamides is 1. The highest BCUT2D eigenvalue weighted by molar-refractivity contribution is 7.90. The van der Waals surface area contributed by atoms with E-state index in [0.717, 1.165) is 4.90 Å². The van der Waals surface area contributed by atoms with Gasteiger partial charge in [-0.3, -0.25) is 14.5 Å². The number of likely N-dealkylation sites (N-methyl/N-ethyl adjacent to an activating group) is 1. The third-order valence-corrected chi connectivity index (χ3v) is 5.21. The molecule has 2 N–H and O–H groups in total. The number of amidine groups is 1. The molecule has 1 amide bonds. The van der Waals surface area contributed by atoms with Crippen molar-refractivity contribution in [3.63, 3.8) is 0 Å². The van der Waals surface area contributed by atoms with E-state index in [2.05, 4.69) is 9.71 Å². The smallest absolute Gasteiger partial charge is 0.326 e. The number of hydrogen-bond donors (Lipinski definition) is 2. The van der Waals surface area contributed by atoms with Gasteiger partial charge in [-0.2, -0.15) is 0 Å². The predicted molar refractivity (Wildman–Crippen MR) is 87.2 cm³/mol. The summed E-state index contributed by atoms with van der Waals surface area (Å²) in [6.45, 7) is 3.08. The molecule has 24 heavy (non-hydrogen) atoms. The Morgan fingerprint density at radius 1 is 1.29 bits per heavy atom. The molecule has 1 aromatic rings. The molecular weight excluding hydrogens is 334 g/mol. The minimum Gasteiger partial charge on any atom is -0.480 e. The van der Waals surface area contributed by atoms with Crippen molar-refractivity contribution in [1.29, 1.82) is 0 Å². The first-order chi connectivity index (χ1) is 11.1. The summed E-state index contributed by atoms with van der Waals surface area (Å²) in [5, 5.41) is 8.93. The van der Waals surface area contributed by atoms with Gasteiger partial charge in [0.2, 0.25) is 5.91 Å². The molecule has 1 heterocycles. The number of benzene rings is 1. The molecule has 0 spiro atoms. The summed E-state index contributed by atoms with van der Waals surface area (Å²) >= 11 is 0. The molecule has 0 radical (unpaired) electrons. The number of nitrogens with zero attached hydrogens (tertiary/aromatic N) is 2. The van der Waals surface area contributed by atoms with Crippen molar-refractivity contribution < 1.29 is 23.1 Å². The van der Waals surface area contributed by atoms with Crippen LogP contribution in [0.25, 0.3) is 0 Å². The topological polar surface area (TPSA) is 116 Å². The first-order valence-corrected chi connectivity index (χ1v) is 8.80. The number of carbonyl (C=O) groups is 2. The molecule has 0 aromatic heterocycles. The normalized spacial score (nSPS) is 19.2. The van der Waals surface area contributed by atoms with Gasteiger partial charge in [0.05, 0.1) is 10.9 Å². The third kappa shape index (κ3) is 3.56. The Labute approximate surface area is 140 Å². The van der Waals surface area contributed by atoms with Gasteiger partial charge in [-0.25, -0.2) is 13.2 Å². The molecule has 1 aromatic carbocycles. The van der Waals surface area contributed by atoms with Crippen LogP contribution in [0.15, 0.2) is 34.2 Å². The number of aliphatic carboxylic acids is 1. The van der Waals surface area contributed by atoms with E-state index in [1.807, 2.05) is 0 Å². The average molecular weight is 353 g/mol. The fourth-order valence-corrected chi connectivity index (χ4v) is 3.51. The Bertz CT molecular complexity index is 803. The molecule has 0 bridgehead atoms. The van der Waals surface area contributed by atoms with Crippen molar-refractivity contribution in [3.05, 3.63) is 29.8 Å². The molecule has 2 unspecified atom stereocenters. The highest BCUT2D eigenvalue weighted by Crippen LogP contribution is 2.22. The number of rotatable bonds is 5. The Kier molecular flexibility index (Phi) is 4.93. The molecule has 1 aliphatic rings. The number of aliphatic imine (C=N–C) groups is 1. The van der Waals surface area contributed by atoms with E-state index in [9.17, 15) is 18.0 Å². The SMILES string of the molecule is CC(CC(=O)N(C)C(C)C(=O)O)N=C1NS(=O)(=O)c2ccccc21. The standard InChI is InChI=1S/C15H19N3O5S/c1-9(8-13(19)18(3)10(2)15(20)21)16-14-11-6-4-5-7-12(11)24(22,23)17-14/h4-7,9-10H,8H2,1-3H3,(H,16,17)(H,20,21). The monoisotopic (exact) mass is 353 g/mol. The maximum absolute atomic E-state index is 12.1. The quantitative estimate of drug-likeness (QED) is 0.796. The molecule has 2 rings (SSSR count). The van der Waals surface area contributed by atoms with Crippen LogP contribution in [0.2, 0.25) is 0 Å². The lowest BCUT2D eigenvalue weighted by molar-refractivity contribution is -0.148. The Balaban J connectivity index is 2.15. The second kappa shape index (κ2) is 6.60. The maximum atomic E-state index is 12.1. The second-order valence-electron chi connectivity index (χ2n) is 5.65. The van der Waals surface area contributed by atoms with Crippen LogP contribution in [0.3, 0.4) is 0 Å². The van der Waals surface area contributed by atoms with Gasteiger partial charge in [0.15, 0.2) is 0 Å². The summed E-state index contributed by atoms with van der Waals surface area (Å²) in [5.74, 6) is -1.28. The number of carboxylic acids is 1. The summed E-state index contributed by atoms with van der Waals surface area (Å²) in [7, 11) is -2.21. The third-order valence-electron chi connectivity index (χ3n) is 3.81. The minimum absolute atomic E-state index is 0.0263. The van der Waals surface area contributed by atoms with Gasteiger partial charge in [-0.05, 0) is 26.0 Å². The van der Waals surface area contributed by atoms with Crippen LogP contribution in [0.1, 0.15) is 25.8 Å². The van der Waals surface area contributed by atoms with Crippen LogP contribution < -0.4 is 4.72 Å². The van der Waals surface area contributed by atoms with E-state index >= 15 is 0 Å². The van der Waals surface area contributed by atoms with E-state index < -0.39 is 28.1 Å². The van der Waals surface area contributed by atoms with E-state index in [1.165, 1.54) is 20.0 Å². The molecule has 1 aliphatic heterocycles. The van der Waals surface area contributed by atoms with Crippen molar-refractivity contribution in [3.8, 4) is 0 Å². The average Bonchev–Trinajstić information content (AvgIpc) is 2.76. The zero-order chi connectivity index (χ0) is 18.1. The van der Waals surface area contributed by atoms with E-state index in [1.54, 1.807) is 25.1 Å². The van der Waals surface area contributed by atoms with Crippen molar-refractivity contribution in [2.75, 3.05) is 7.05 Å². The van der Waals surface area contributed by atoms with Crippen LogP contribution in [-0.4, -0.2) is 55.3 Å². The molecule has 0 saturated carbocycles. The van der Waals surface area contributed by atoms with E-state index in [4.69, 9.17) is 5.11 Å². The van der Waals surface area contributed by atoms with Gasteiger partial charge in [-0.15, -0.1) is 0 Å². The number of nitrogens with one attached hydrogen (secondary N) is 1.